The largest absolute Gasteiger partial charge is 0.299 e. The number of carbonyl (C=O) groups excluding carboxylic acids is 2. The van der Waals surface area contributed by atoms with Gasteiger partial charge in [-0.25, -0.2) is 0 Å². The summed E-state index contributed by atoms with van der Waals surface area (Å²) in [6.07, 6.45) is 9.87. The summed E-state index contributed by atoms with van der Waals surface area (Å²) in [5, 5.41) is 0. The lowest BCUT2D eigenvalue weighted by Gasteiger charge is -2.73. The maximum absolute atomic E-state index is 13.9. The fourth-order valence-electron chi connectivity index (χ4n) is 11.2. The van der Waals surface area contributed by atoms with Crippen LogP contribution in [-0.4, -0.2) is 11.6 Å². The summed E-state index contributed by atoms with van der Waals surface area (Å²) in [6, 6.07) is 0. The van der Waals surface area contributed by atoms with Gasteiger partial charge in [-0.3, -0.25) is 9.59 Å². The van der Waals surface area contributed by atoms with Crippen LogP contribution in [0.4, 0.5) is 0 Å². The lowest BCUT2D eigenvalue weighted by Crippen LogP contribution is -2.68. The summed E-state index contributed by atoms with van der Waals surface area (Å²) in [5.74, 6) is 4.77. The van der Waals surface area contributed by atoms with Crippen molar-refractivity contribution < 1.29 is 9.59 Å². The number of ketones is 2. The molecule has 2 nitrogen and oxygen atoms in total. The lowest BCUT2D eigenvalue weighted by atomic mass is 9.31. The van der Waals surface area contributed by atoms with Crippen molar-refractivity contribution >= 4 is 11.6 Å². The molecule has 0 radical (unpaired) electrons. The third-order valence-corrected chi connectivity index (χ3v) is 13.6. The first kappa shape index (κ1) is 23.1. The molecular formula is C30H48O2. The van der Waals surface area contributed by atoms with Crippen LogP contribution in [0.1, 0.15) is 113 Å². The predicted molar refractivity (Wildman–Crippen MR) is 130 cm³/mol. The van der Waals surface area contributed by atoms with Crippen LogP contribution in [0.2, 0.25) is 0 Å². The molecule has 5 saturated carbocycles. The van der Waals surface area contributed by atoms with Gasteiger partial charge < -0.3 is 0 Å². The van der Waals surface area contributed by atoms with Crippen molar-refractivity contribution in [3.05, 3.63) is 0 Å². The minimum Gasteiger partial charge on any atom is -0.299 e. The van der Waals surface area contributed by atoms with E-state index in [0.717, 1.165) is 38.0 Å². The van der Waals surface area contributed by atoms with Crippen LogP contribution in [0.25, 0.3) is 0 Å². The first-order chi connectivity index (χ1) is 14.7. The van der Waals surface area contributed by atoms with E-state index in [1.54, 1.807) is 0 Å². The quantitative estimate of drug-likeness (QED) is 0.391. The Morgan fingerprint density at radius 2 is 1.41 bits per heavy atom. The molecule has 0 spiro atoms. The Kier molecular flexibility index (Phi) is 4.85. The van der Waals surface area contributed by atoms with Crippen LogP contribution in [0.15, 0.2) is 0 Å². The van der Waals surface area contributed by atoms with Gasteiger partial charge in [-0.15, -0.1) is 0 Å². The molecular weight excluding hydrogens is 392 g/mol. The van der Waals surface area contributed by atoms with Crippen molar-refractivity contribution in [2.24, 2.45) is 62.6 Å². The molecule has 180 valence electrons. The Morgan fingerprint density at radius 3 is 2.09 bits per heavy atom. The third kappa shape index (κ3) is 2.54. The van der Waals surface area contributed by atoms with Crippen LogP contribution in [0, 0.1) is 62.6 Å². The number of rotatable bonds is 0. The van der Waals surface area contributed by atoms with E-state index in [9.17, 15) is 9.59 Å². The molecule has 0 aromatic rings. The molecule has 5 aliphatic carbocycles. The molecule has 0 bridgehead atoms. The summed E-state index contributed by atoms with van der Waals surface area (Å²) in [4.78, 5) is 26.8. The second kappa shape index (κ2) is 6.72. The Bertz CT molecular complexity index is 842. The summed E-state index contributed by atoms with van der Waals surface area (Å²) in [5.41, 5.74) is 0.241. The Balaban J connectivity index is 1.58. The van der Waals surface area contributed by atoms with Gasteiger partial charge in [0.25, 0.3) is 0 Å². The summed E-state index contributed by atoms with van der Waals surface area (Å²) >= 11 is 0. The molecule has 5 rings (SSSR count). The summed E-state index contributed by atoms with van der Waals surface area (Å²) in [6.45, 7) is 19.4. The van der Waals surface area contributed by atoms with Crippen LogP contribution >= 0.6 is 0 Å². The van der Waals surface area contributed by atoms with Crippen LogP contribution in [0.5, 0.6) is 0 Å². The average molecular weight is 441 g/mol. The van der Waals surface area contributed by atoms with E-state index in [4.69, 9.17) is 0 Å². The van der Waals surface area contributed by atoms with E-state index in [2.05, 4.69) is 55.4 Å². The van der Waals surface area contributed by atoms with Gasteiger partial charge in [-0.05, 0) is 96.7 Å². The van der Waals surface area contributed by atoms with Crippen molar-refractivity contribution in [3.8, 4) is 0 Å². The van der Waals surface area contributed by atoms with E-state index >= 15 is 0 Å². The molecule has 10 atom stereocenters. The highest BCUT2D eigenvalue weighted by molar-refractivity contribution is 5.87. The zero-order valence-electron chi connectivity index (χ0n) is 22.1. The minimum atomic E-state index is -0.194. The van der Waals surface area contributed by atoms with Crippen molar-refractivity contribution in [1.82, 2.24) is 0 Å². The van der Waals surface area contributed by atoms with Crippen LogP contribution < -0.4 is 0 Å². The fraction of sp³-hybridized carbons (Fsp3) is 0.933. The Morgan fingerprint density at radius 1 is 0.719 bits per heavy atom. The number of carbonyl (C=O) groups is 2. The van der Waals surface area contributed by atoms with Gasteiger partial charge in [-0.2, -0.15) is 0 Å². The molecule has 0 aromatic carbocycles. The molecule has 0 amide bonds. The zero-order chi connectivity index (χ0) is 23.5. The number of hydrogen-bond donors (Lipinski definition) is 0. The first-order valence-corrected chi connectivity index (χ1v) is 13.8. The molecule has 0 N–H and O–H groups in total. The highest BCUT2D eigenvalue weighted by Gasteiger charge is 2.71. The maximum atomic E-state index is 13.9. The van der Waals surface area contributed by atoms with Gasteiger partial charge >= 0.3 is 0 Å². The zero-order valence-corrected chi connectivity index (χ0v) is 22.1. The average Bonchev–Trinajstić information content (AvgIpc) is 2.70. The molecule has 5 aliphatic rings. The van der Waals surface area contributed by atoms with Gasteiger partial charge in [0.2, 0.25) is 0 Å². The number of hydrogen-bond acceptors (Lipinski definition) is 2. The van der Waals surface area contributed by atoms with Crippen molar-refractivity contribution in [3.63, 3.8) is 0 Å². The minimum absolute atomic E-state index is 0.0976. The lowest BCUT2D eigenvalue weighted by molar-refractivity contribution is -0.238. The monoisotopic (exact) mass is 440 g/mol. The Labute approximate surface area is 197 Å². The second-order valence-corrected chi connectivity index (χ2v) is 14.7. The normalized spacial score (nSPS) is 57.1. The number of Topliss-reactive ketones (excluding diaryl/α,β-unsaturated/α-hetero) is 2. The van der Waals surface area contributed by atoms with Crippen LogP contribution in [-0.2, 0) is 9.59 Å². The van der Waals surface area contributed by atoms with E-state index in [1.165, 1.54) is 25.7 Å². The molecule has 2 heteroatoms. The number of fused-ring (bicyclic) bond motifs is 7. The SMILES string of the molecule is C[C@@H]1[C@H]2[C@H]3CC[C@@H]4[C@@]5(C)CCC(=O)C(C)(C)[C@@H]5CC[C@@]4(C)[C@]3(C)CC(=O)[C@@]2(C)CC[C@H]1C. The van der Waals surface area contributed by atoms with Crippen molar-refractivity contribution in [2.75, 3.05) is 0 Å². The second-order valence-electron chi connectivity index (χ2n) is 14.7. The summed E-state index contributed by atoms with van der Waals surface area (Å²) < 4.78 is 0. The van der Waals surface area contributed by atoms with E-state index in [1.807, 2.05) is 0 Å². The van der Waals surface area contributed by atoms with Gasteiger partial charge in [0.05, 0.1) is 0 Å². The van der Waals surface area contributed by atoms with Gasteiger partial charge in [0.15, 0.2) is 0 Å². The van der Waals surface area contributed by atoms with E-state index < -0.39 is 0 Å². The van der Waals surface area contributed by atoms with Crippen molar-refractivity contribution in [2.45, 2.75) is 113 Å². The van der Waals surface area contributed by atoms with Gasteiger partial charge in [0.1, 0.15) is 11.6 Å². The highest BCUT2D eigenvalue weighted by atomic mass is 16.1. The smallest absolute Gasteiger partial charge is 0.139 e. The summed E-state index contributed by atoms with van der Waals surface area (Å²) in [7, 11) is 0. The first-order valence-electron chi connectivity index (χ1n) is 13.8. The fourth-order valence-corrected chi connectivity index (χ4v) is 11.2. The molecule has 32 heavy (non-hydrogen) atoms. The van der Waals surface area contributed by atoms with Gasteiger partial charge in [0, 0.05) is 23.7 Å². The van der Waals surface area contributed by atoms with Crippen LogP contribution in [0.3, 0.4) is 0 Å². The molecule has 0 unspecified atom stereocenters. The van der Waals surface area contributed by atoms with Gasteiger partial charge in [-0.1, -0.05) is 55.4 Å². The van der Waals surface area contributed by atoms with Crippen molar-refractivity contribution in [1.29, 1.82) is 0 Å². The molecule has 0 saturated heterocycles. The third-order valence-electron chi connectivity index (χ3n) is 13.6. The molecule has 5 fully saturated rings. The van der Waals surface area contributed by atoms with E-state index in [-0.39, 0.29) is 27.1 Å². The molecule has 0 aromatic heterocycles. The highest BCUT2D eigenvalue weighted by Crippen LogP contribution is 2.76. The van der Waals surface area contributed by atoms with E-state index in [0.29, 0.717) is 41.2 Å². The topological polar surface area (TPSA) is 34.1 Å². The Hall–Kier alpha value is -0.660. The molecule has 0 heterocycles. The standard InChI is InChI=1S/C30H48O2/c1-18-11-14-28(6)24(32)17-30(8)20(25(28)19(18)2)9-10-22-27(5)15-13-23(31)26(3,4)21(27)12-16-29(22,30)7/h18-22,25H,9-17H2,1-8H3/t18-,19+,20-,21+,22-,25+,27+,28-,29-,30-/m1/s1. The maximum Gasteiger partial charge on any atom is 0.139 e. The molecule has 0 aliphatic heterocycles. The predicted octanol–water partition coefficient (Wildman–Crippen LogP) is 7.49.